The van der Waals surface area contributed by atoms with Gasteiger partial charge in [0.1, 0.15) is 0 Å². The quantitative estimate of drug-likeness (QED) is 0.0891. The summed E-state index contributed by atoms with van der Waals surface area (Å²) in [6.45, 7) is 0. The molecule has 4 N–H and O–H groups in total. The molecule has 0 bridgehead atoms. The first-order valence-electron chi connectivity index (χ1n) is 19.8. The fraction of sp³-hybridized carbons (Fsp3) is 0.0612. The molecule has 12 nitrogen and oxygen atoms in total. The Bertz CT molecular complexity index is 3460. The highest BCUT2D eigenvalue weighted by Crippen LogP contribution is 2.48. The first-order valence-corrected chi connectivity index (χ1v) is 25.6. The van der Waals surface area contributed by atoms with Gasteiger partial charge in [-0.25, -0.2) is 0 Å². The third kappa shape index (κ3) is 9.71. The first-order chi connectivity index (χ1) is 30.8. The first kappa shape index (κ1) is 45.2. The Labute approximate surface area is 376 Å². The highest BCUT2D eigenvalue weighted by molar-refractivity contribution is 7.86. The van der Waals surface area contributed by atoms with Gasteiger partial charge in [-0.2, -0.15) is 33.7 Å². The second-order valence-corrected chi connectivity index (χ2v) is 21.2. The SMILES string of the molecule is O=S(=O)(O)c1ccc(C2=CCC(S(=O)(=O)O)CC(c3ccccc3)=C2c2ccc(-c3c(-c4ccc(S(=O)(=O)O)cc4)ccc(-c4ccc(S(=O)(=O)O)cc4)c3-c3ccccc3)cc2)cc1. The molecule has 16 heteroatoms. The lowest BCUT2D eigenvalue weighted by atomic mass is 9.81. The standard InChI is InChI=1S/C49H38O12S4/c50-62(51,52)39-21-15-33(16-22-39)43-28-27-42(65(59,60)61)31-46(32-7-3-1-4-8-32)47(43)37-11-13-38(14-12-37)49-45(35-19-25-41(26-20-35)64(56,57)58)30-29-44(48(49)36-9-5-2-6-10-36)34-17-23-40(24-18-34)63(53,54)55/h1-26,28-30,42H,27,31H2,(H,50,51,52)(H,53,54,55)(H,56,57,58)(H,59,60,61). The van der Waals surface area contributed by atoms with Gasteiger partial charge in [0.05, 0.1) is 19.9 Å². The van der Waals surface area contributed by atoms with Gasteiger partial charge < -0.3 is 0 Å². The molecule has 1 atom stereocenters. The molecule has 7 aromatic carbocycles. The fourth-order valence-electron chi connectivity index (χ4n) is 8.16. The van der Waals surface area contributed by atoms with Crippen molar-refractivity contribution in [3.05, 3.63) is 193 Å². The Kier molecular flexibility index (Phi) is 12.2. The van der Waals surface area contributed by atoms with E-state index in [1.807, 2.05) is 84.9 Å². The number of hydrogen-bond acceptors (Lipinski definition) is 8. The predicted octanol–water partition coefficient (Wildman–Crippen LogP) is 10.1. The van der Waals surface area contributed by atoms with E-state index in [2.05, 4.69) is 0 Å². The van der Waals surface area contributed by atoms with Gasteiger partial charge in [0.2, 0.25) is 0 Å². The van der Waals surface area contributed by atoms with Crippen LogP contribution in [0.4, 0.5) is 0 Å². The molecule has 0 saturated carbocycles. The monoisotopic (exact) mass is 946 g/mol. The van der Waals surface area contributed by atoms with Crippen LogP contribution < -0.4 is 0 Å². The van der Waals surface area contributed by atoms with E-state index in [1.165, 1.54) is 48.5 Å². The topological polar surface area (TPSA) is 217 Å². The molecule has 7 aromatic rings. The van der Waals surface area contributed by atoms with Crippen molar-refractivity contribution in [1.29, 1.82) is 0 Å². The molecular weight excluding hydrogens is 909 g/mol. The Morgan fingerprint density at radius 2 is 0.723 bits per heavy atom. The van der Waals surface area contributed by atoms with Gasteiger partial charge in [-0.15, -0.1) is 0 Å². The zero-order chi connectivity index (χ0) is 46.3. The Morgan fingerprint density at radius 1 is 0.369 bits per heavy atom. The molecule has 65 heavy (non-hydrogen) atoms. The molecule has 0 aliphatic heterocycles. The molecule has 0 heterocycles. The molecule has 8 rings (SSSR count). The highest BCUT2D eigenvalue weighted by Gasteiger charge is 2.31. The third-order valence-corrected chi connectivity index (χ3v) is 15.1. The molecule has 0 fully saturated rings. The van der Waals surface area contributed by atoms with Gasteiger partial charge in [0.15, 0.2) is 0 Å². The van der Waals surface area contributed by atoms with Crippen molar-refractivity contribution in [2.24, 2.45) is 0 Å². The van der Waals surface area contributed by atoms with E-state index in [-0.39, 0.29) is 27.5 Å². The largest absolute Gasteiger partial charge is 0.294 e. The molecule has 1 aliphatic carbocycles. The minimum Gasteiger partial charge on any atom is -0.285 e. The van der Waals surface area contributed by atoms with Crippen LogP contribution in [0.3, 0.4) is 0 Å². The molecule has 330 valence electrons. The van der Waals surface area contributed by atoms with E-state index in [4.69, 9.17) is 0 Å². The van der Waals surface area contributed by atoms with E-state index in [0.29, 0.717) is 72.4 Å². The third-order valence-electron chi connectivity index (χ3n) is 11.3. The van der Waals surface area contributed by atoms with E-state index >= 15 is 0 Å². The summed E-state index contributed by atoms with van der Waals surface area (Å²) in [4.78, 5) is -0.925. The van der Waals surface area contributed by atoms with E-state index in [9.17, 15) is 51.9 Å². The fourth-order valence-corrected chi connectivity index (χ4v) is 10.3. The molecule has 0 saturated heterocycles. The second kappa shape index (κ2) is 17.6. The van der Waals surface area contributed by atoms with Crippen molar-refractivity contribution >= 4 is 57.2 Å². The number of rotatable bonds is 11. The van der Waals surface area contributed by atoms with Crippen LogP contribution in [-0.2, 0) is 40.5 Å². The lowest BCUT2D eigenvalue weighted by molar-refractivity contribution is 0.466. The van der Waals surface area contributed by atoms with Crippen LogP contribution in [-0.4, -0.2) is 57.1 Å². The van der Waals surface area contributed by atoms with Gasteiger partial charge in [-0.05, 0) is 127 Å². The summed E-state index contributed by atoms with van der Waals surface area (Å²) in [6.07, 6.45) is 1.53. The average Bonchev–Trinajstić information content (AvgIpc) is 3.50. The lowest BCUT2D eigenvalue weighted by Crippen LogP contribution is -2.19. The molecule has 0 radical (unpaired) electrons. The van der Waals surface area contributed by atoms with E-state index < -0.39 is 45.7 Å². The molecule has 0 amide bonds. The normalized spacial score (nSPS) is 15.0. The van der Waals surface area contributed by atoms with Crippen molar-refractivity contribution in [1.82, 2.24) is 0 Å². The van der Waals surface area contributed by atoms with Crippen molar-refractivity contribution in [2.45, 2.75) is 32.8 Å². The Hall–Kier alpha value is -6.34. The maximum Gasteiger partial charge on any atom is 0.294 e. The predicted molar refractivity (Wildman–Crippen MR) is 250 cm³/mol. The van der Waals surface area contributed by atoms with Gasteiger partial charge in [-0.1, -0.05) is 140 Å². The Balaban J connectivity index is 1.40. The molecule has 0 aromatic heterocycles. The maximum atomic E-state index is 12.8. The van der Waals surface area contributed by atoms with Crippen LogP contribution in [0.25, 0.3) is 61.2 Å². The minimum atomic E-state index is -4.56. The number of hydrogen-bond donors (Lipinski definition) is 4. The van der Waals surface area contributed by atoms with Crippen LogP contribution in [0.2, 0.25) is 0 Å². The summed E-state index contributed by atoms with van der Waals surface area (Å²) in [5, 5.41) is -1.22. The average molecular weight is 947 g/mol. The van der Waals surface area contributed by atoms with Crippen molar-refractivity contribution in [3.8, 4) is 44.5 Å². The Morgan fingerprint density at radius 3 is 1.12 bits per heavy atom. The van der Waals surface area contributed by atoms with Crippen LogP contribution in [0.1, 0.15) is 29.5 Å². The lowest BCUT2D eigenvalue weighted by Gasteiger charge is -2.22. The molecule has 0 spiro atoms. The number of allylic oxidation sites excluding steroid dienone is 4. The number of benzene rings is 7. The maximum absolute atomic E-state index is 12.8. The van der Waals surface area contributed by atoms with Gasteiger partial charge >= 0.3 is 0 Å². The molecule has 1 unspecified atom stereocenters. The summed E-state index contributed by atoms with van der Waals surface area (Å²) in [5.41, 5.74) is 8.93. The van der Waals surface area contributed by atoms with Gasteiger partial charge in [-0.3, -0.25) is 18.2 Å². The van der Waals surface area contributed by atoms with Crippen molar-refractivity contribution < 1.29 is 51.9 Å². The summed E-state index contributed by atoms with van der Waals surface area (Å²) in [7, 11) is -18.1. The smallest absolute Gasteiger partial charge is 0.285 e. The van der Waals surface area contributed by atoms with Crippen molar-refractivity contribution in [3.63, 3.8) is 0 Å². The van der Waals surface area contributed by atoms with Crippen LogP contribution >= 0.6 is 0 Å². The summed E-state index contributed by atoms with van der Waals surface area (Å²) in [6, 6.07) is 46.7. The summed E-state index contributed by atoms with van der Waals surface area (Å²) < 4.78 is 137. The molecular formula is C49H38O12S4. The van der Waals surface area contributed by atoms with E-state index in [0.717, 1.165) is 5.56 Å². The van der Waals surface area contributed by atoms with Crippen LogP contribution in [0, 0.1) is 0 Å². The molecule has 1 aliphatic rings. The van der Waals surface area contributed by atoms with Crippen LogP contribution in [0.15, 0.2) is 191 Å². The van der Waals surface area contributed by atoms with Crippen molar-refractivity contribution in [2.75, 3.05) is 0 Å². The summed E-state index contributed by atoms with van der Waals surface area (Å²) in [5.74, 6) is 0. The highest BCUT2D eigenvalue weighted by atomic mass is 32.2. The zero-order valence-electron chi connectivity index (χ0n) is 33.9. The van der Waals surface area contributed by atoms with Gasteiger partial charge in [0.25, 0.3) is 40.5 Å². The van der Waals surface area contributed by atoms with Gasteiger partial charge in [0, 0.05) is 0 Å². The second-order valence-electron chi connectivity index (χ2n) is 15.3. The zero-order valence-corrected chi connectivity index (χ0v) is 37.2. The van der Waals surface area contributed by atoms with E-state index in [1.54, 1.807) is 42.5 Å². The summed E-state index contributed by atoms with van der Waals surface area (Å²) >= 11 is 0. The minimum absolute atomic E-state index is 0.0791. The van der Waals surface area contributed by atoms with Crippen LogP contribution in [0.5, 0.6) is 0 Å².